The van der Waals surface area contributed by atoms with E-state index in [4.69, 9.17) is 9.72 Å². The van der Waals surface area contributed by atoms with Crippen LogP contribution in [-0.4, -0.2) is 27.9 Å². The van der Waals surface area contributed by atoms with Gasteiger partial charge in [-0.2, -0.15) is 5.10 Å². The van der Waals surface area contributed by atoms with Gasteiger partial charge in [-0.1, -0.05) is 19.4 Å². The first-order chi connectivity index (χ1) is 15.6. The lowest BCUT2D eigenvalue weighted by Crippen LogP contribution is -2.45. The van der Waals surface area contributed by atoms with Crippen LogP contribution < -0.4 is 14.5 Å². The van der Waals surface area contributed by atoms with Crippen LogP contribution >= 0.6 is 0 Å². The average molecular weight is 428 g/mol. The van der Waals surface area contributed by atoms with Crippen LogP contribution in [0.15, 0.2) is 60.8 Å². The summed E-state index contributed by atoms with van der Waals surface area (Å²) in [6.45, 7) is 2.59. The number of anilines is 3. The molecule has 0 radical (unpaired) electrons. The van der Waals surface area contributed by atoms with E-state index in [-0.39, 0.29) is 6.03 Å². The number of benzene rings is 2. The Labute approximate surface area is 186 Å². The summed E-state index contributed by atoms with van der Waals surface area (Å²) >= 11 is 0. The Bertz CT molecular complexity index is 1300. The van der Waals surface area contributed by atoms with Gasteiger partial charge >= 0.3 is 6.03 Å². The second-order valence-electron chi connectivity index (χ2n) is 7.98. The zero-order valence-electron chi connectivity index (χ0n) is 18.4. The number of rotatable bonds is 5. The van der Waals surface area contributed by atoms with Gasteiger partial charge in [0.1, 0.15) is 11.6 Å². The largest absolute Gasteiger partial charge is 0.497 e. The molecule has 7 heteroatoms. The molecule has 4 aromatic rings. The van der Waals surface area contributed by atoms with Gasteiger partial charge in [0.25, 0.3) is 0 Å². The molecular weight excluding hydrogens is 402 g/mol. The van der Waals surface area contributed by atoms with E-state index in [9.17, 15) is 4.79 Å². The van der Waals surface area contributed by atoms with E-state index < -0.39 is 0 Å². The summed E-state index contributed by atoms with van der Waals surface area (Å²) in [6, 6.07) is 17.4. The van der Waals surface area contributed by atoms with Crippen molar-refractivity contribution in [1.29, 1.82) is 0 Å². The molecule has 0 bridgehead atoms. The Hall–Kier alpha value is -3.87. The van der Waals surface area contributed by atoms with Crippen molar-refractivity contribution in [1.82, 2.24) is 14.8 Å². The molecule has 1 aliphatic rings. The highest BCUT2D eigenvalue weighted by Gasteiger charge is 2.34. The van der Waals surface area contributed by atoms with Crippen molar-refractivity contribution in [3.05, 3.63) is 72.1 Å². The summed E-state index contributed by atoms with van der Waals surface area (Å²) in [5.74, 6) is 1.44. The van der Waals surface area contributed by atoms with Crippen LogP contribution in [0.2, 0.25) is 0 Å². The highest BCUT2D eigenvalue weighted by atomic mass is 16.5. The topological polar surface area (TPSA) is 63.5 Å². The molecule has 0 N–H and O–H groups in total. The smallest absolute Gasteiger partial charge is 0.335 e. The van der Waals surface area contributed by atoms with E-state index >= 15 is 0 Å². The third kappa shape index (κ3) is 3.45. The monoisotopic (exact) mass is 427 g/mol. The molecule has 1 aliphatic heterocycles. The van der Waals surface area contributed by atoms with Crippen molar-refractivity contribution in [2.75, 3.05) is 16.9 Å². The summed E-state index contributed by atoms with van der Waals surface area (Å²) in [7, 11) is 3.53. The molecule has 0 atom stereocenters. The van der Waals surface area contributed by atoms with E-state index in [1.807, 2.05) is 55.7 Å². The van der Waals surface area contributed by atoms with Gasteiger partial charge in [-0.3, -0.25) is 9.58 Å². The van der Waals surface area contributed by atoms with Crippen molar-refractivity contribution in [2.24, 2.45) is 7.05 Å². The number of pyridine rings is 1. The maximum Gasteiger partial charge on any atom is 0.335 e. The lowest BCUT2D eigenvalue weighted by Gasteiger charge is -2.36. The second-order valence-corrected chi connectivity index (χ2v) is 7.98. The number of hydrogen-bond donors (Lipinski definition) is 0. The van der Waals surface area contributed by atoms with Crippen molar-refractivity contribution in [2.45, 2.75) is 26.3 Å². The number of carbonyl (C=O) groups excluding carboxylic acids is 1. The second kappa shape index (κ2) is 8.00. The van der Waals surface area contributed by atoms with Crippen molar-refractivity contribution < 1.29 is 9.53 Å². The van der Waals surface area contributed by atoms with Gasteiger partial charge in [-0.05, 0) is 55.0 Å². The van der Waals surface area contributed by atoms with Gasteiger partial charge in [0, 0.05) is 35.6 Å². The van der Waals surface area contributed by atoms with Crippen LogP contribution in [0.3, 0.4) is 0 Å². The molecule has 0 fully saturated rings. The van der Waals surface area contributed by atoms with Crippen LogP contribution in [0.4, 0.5) is 22.0 Å². The Balaban J connectivity index is 1.62. The van der Waals surface area contributed by atoms with Gasteiger partial charge in [0.05, 0.1) is 24.9 Å². The van der Waals surface area contributed by atoms with Crippen molar-refractivity contribution in [3.8, 4) is 5.75 Å². The Morgan fingerprint density at radius 1 is 1.03 bits per heavy atom. The molecule has 0 spiro atoms. The number of fused-ring (bicyclic) bond motifs is 2. The molecule has 2 aromatic carbocycles. The maximum absolute atomic E-state index is 13.8. The molecular formula is C25H25N5O2. The molecule has 2 aromatic heterocycles. The van der Waals surface area contributed by atoms with E-state index in [1.54, 1.807) is 21.6 Å². The molecule has 0 aliphatic carbocycles. The normalized spacial score (nSPS) is 13.5. The molecule has 0 saturated carbocycles. The third-order valence-corrected chi connectivity index (χ3v) is 5.73. The van der Waals surface area contributed by atoms with E-state index in [2.05, 4.69) is 24.2 Å². The minimum Gasteiger partial charge on any atom is -0.497 e. The van der Waals surface area contributed by atoms with Crippen molar-refractivity contribution >= 4 is 34.1 Å². The quantitative estimate of drug-likeness (QED) is 0.439. The number of urea groups is 1. The fourth-order valence-electron chi connectivity index (χ4n) is 4.15. The number of ether oxygens (including phenoxy) is 1. The van der Waals surface area contributed by atoms with Gasteiger partial charge in [0.15, 0.2) is 0 Å². The molecule has 32 heavy (non-hydrogen) atoms. The van der Waals surface area contributed by atoms with Crippen LogP contribution in [0, 0.1) is 0 Å². The fraction of sp³-hybridized carbons (Fsp3) is 0.240. The highest BCUT2D eigenvalue weighted by molar-refractivity contribution is 6.10. The first-order valence-electron chi connectivity index (χ1n) is 10.7. The molecule has 0 saturated heterocycles. The number of hydrogen-bond acceptors (Lipinski definition) is 4. The zero-order valence-corrected chi connectivity index (χ0v) is 18.4. The molecule has 7 nitrogen and oxygen atoms in total. The predicted molar refractivity (Wildman–Crippen MR) is 126 cm³/mol. The fourth-order valence-corrected chi connectivity index (χ4v) is 4.15. The summed E-state index contributed by atoms with van der Waals surface area (Å²) in [4.78, 5) is 22.2. The van der Waals surface area contributed by atoms with Gasteiger partial charge in [-0.15, -0.1) is 0 Å². The number of aryl methyl sites for hydroxylation is 2. The Morgan fingerprint density at radius 3 is 2.56 bits per heavy atom. The number of nitrogens with zero attached hydrogens (tertiary/aromatic N) is 5. The number of amides is 2. The lowest BCUT2D eigenvalue weighted by molar-refractivity contribution is 0.252. The molecule has 5 rings (SSSR count). The predicted octanol–water partition coefficient (Wildman–Crippen LogP) is 5.21. The summed E-state index contributed by atoms with van der Waals surface area (Å²) in [6.07, 6.45) is 3.83. The van der Waals surface area contributed by atoms with Crippen LogP contribution in [0.5, 0.6) is 5.75 Å². The summed E-state index contributed by atoms with van der Waals surface area (Å²) in [5, 5.41) is 5.44. The van der Waals surface area contributed by atoms with E-state index in [0.29, 0.717) is 12.4 Å². The molecule has 162 valence electrons. The molecule has 2 amide bonds. The number of methoxy groups -OCH3 is 1. The summed E-state index contributed by atoms with van der Waals surface area (Å²) < 4.78 is 7.08. The minimum absolute atomic E-state index is 0.132. The first kappa shape index (κ1) is 20.1. The van der Waals surface area contributed by atoms with Crippen molar-refractivity contribution in [3.63, 3.8) is 0 Å². The van der Waals surface area contributed by atoms with E-state index in [0.717, 1.165) is 52.1 Å². The first-order valence-corrected chi connectivity index (χ1v) is 10.7. The Kier molecular flexibility index (Phi) is 5.01. The van der Waals surface area contributed by atoms with Crippen LogP contribution in [0.1, 0.15) is 24.6 Å². The van der Waals surface area contributed by atoms with Crippen LogP contribution in [-0.2, 0) is 20.0 Å². The zero-order chi connectivity index (χ0) is 22.2. The minimum atomic E-state index is -0.132. The Morgan fingerprint density at radius 2 is 1.81 bits per heavy atom. The maximum atomic E-state index is 13.8. The molecule has 0 unspecified atom stereocenters. The van der Waals surface area contributed by atoms with Gasteiger partial charge in [0.2, 0.25) is 0 Å². The third-order valence-electron chi connectivity index (χ3n) is 5.73. The van der Waals surface area contributed by atoms with E-state index in [1.165, 1.54) is 0 Å². The standard InChI is InChI=1S/C25H25N5O2/c1-4-5-19-7-6-17-16-29(21-10-13-23-18(14-21)15-28(2)27-23)25(31)30(24(17)26-19)20-8-11-22(32-3)12-9-20/h6-15H,4-5,16H2,1-3H3. The highest BCUT2D eigenvalue weighted by Crippen LogP contribution is 2.37. The van der Waals surface area contributed by atoms with Gasteiger partial charge < -0.3 is 4.74 Å². The average Bonchev–Trinajstić information content (AvgIpc) is 3.18. The number of aromatic nitrogens is 3. The van der Waals surface area contributed by atoms with Crippen LogP contribution in [0.25, 0.3) is 10.9 Å². The number of carbonyl (C=O) groups is 1. The van der Waals surface area contributed by atoms with Gasteiger partial charge in [-0.25, -0.2) is 14.7 Å². The lowest BCUT2D eigenvalue weighted by atomic mass is 10.1. The summed E-state index contributed by atoms with van der Waals surface area (Å²) in [5.41, 5.74) is 4.48. The SMILES string of the molecule is CCCc1ccc2c(n1)N(c1ccc(OC)cc1)C(=O)N(c1ccc3nn(C)cc3c1)C2. The molecule has 3 heterocycles.